The molecule has 0 radical (unpaired) electrons. The number of Topliss-reactive ketones (excluding diaryl/α,β-unsaturated/α-hetero) is 1. The Hall–Kier alpha value is -2.28. The fourth-order valence-corrected chi connectivity index (χ4v) is 2.73. The zero-order valence-corrected chi connectivity index (χ0v) is 13.9. The molecule has 0 unspecified atom stereocenters. The van der Waals surface area contributed by atoms with Gasteiger partial charge in [0.1, 0.15) is 5.78 Å². The van der Waals surface area contributed by atoms with E-state index in [1.165, 1.54) is 11.5 Å². The maximum absolute atomic E-state index is 12.4. The summed E-state index contributed by atoms with van der Waals surface area (Å²) >= 11 is 5.19. The molecule has 0 aliphatic heterocycles. The lowest BCUT2D eigenvalue weighted by atomic mass is 10.2. The molecule has 1 heterocycles. The molecule has 2 rings (SSSR count). The van der Waals surface area contributed by atoms with Crippen molar-refractivity contribution in [2.45, 2.75) is 39.3 Å². The second-order valence-electron chi connectivity index (χ2n) is 5.56. The molecular formula is C16H19N3O3S. The van der Waals surface area contributed by atoms with Crippen LogP contribution in [0.3, 0.4) is 0 Å². The van der Waals surface area contributed by atoms with Crippen molar-refractivity contribution in [1.29, 1.82) is 0 Å². The summed E-state index contributed by atoms with van der Waals surface area (Å²) in [7, 11) is 0. The smallest absolute Gasteiger partial charge is 0.262 e. The molecule has 0 aliphatic rings. The number of carbonyl (C=O) groups excluding carboxylic acids is 2. The van der Waals surface area contributed by atoms with Crippen molar-refractivity contribution in [2.75, 3.05) is 0 Å². The van der Waals surface area contributed by atoms with Gasteiger partial charge in [0.25, 0.3) is 5.56 Å². The van der Waals surface area contributed by atoms with Gasteiger partial charge >= 0.3 is 0 Å². The maximum atomic E-state index is 12.4. The molecule has 7 heteroatoms. The molecule has 0 saturated heterocycles. The van der Waals surface area contributed by atoms with Crippen LogP contribution in [-0.4, -0.2) is 27.3 Å². The zero-order chi connectivity index (χ0) is 17.0. The standard InChI is InChI=1S/C16H19N3O3S/c1-10(9-11(2)20)17-14(21)7-8-19-15(22)12-5-3-4-6-13(12)18-16(19)23/h3-6,10H,7-9H2,1-2H3,(H,17,21)(H,18,23)/t10-/m0/s1. The van der Waals surface area contributed by atoms with Crippen LogP contribution < -0.4 is 10.9 Å². The largest absolute Gasteiger partial charge is 0.353 e. The van der Waals surface area contributed by atoms with E-state index in [-0.39, 0.29) is 36.3 Å². The first kappa shape index (κ1) is 17.1. The third-order valence-corrected chi connectivity index (χ3v) is 3.78. The highest BCUT2D eigenvalue weighted by atomic mass is 32.1. The number of aromatic nitrogens is 2. The molecule has 0 fully saturated rings. The van der Waals surface area contributed by atoms with Gasteiger partial charge in [0.05, 0.1) is 10.9 Å². The van der Waals surface area contributed by atoms with E-state index >= 15 is 0 Å². The van der Waals surface area contributed by atoms with Gasteiger partial charge in [-0.3, -0.25) is 19.0 Å². The van der Waals surface area contributed by atoms with Crippen molar-refractivity contribution in [2.24, 2.45) is 0 Å². The quantitative estimate of drug-likeness (QED) is 0.791. The second kappa shape index (κ2) is 7.32. The van der Waals surface area contributed by atoms with Gasteiger partial charge in [-0.25, -0.2) is 0 Å². The van der Waals surface area contributed by atoms with Crippen molar-refractivity contribution in [3.05, 3.63) is 39.4 Å². The van der Waals surface area contributed by atoms with Crippen LogP contribution in [0.2, 0.25) is 0 Å². The van der Waals surface area contributed by atoms with Crippen molar-refractivity contribution in [3.63, 3.8) is 0 Å². The number of para-hydroxylation sites is 1. The number of nitrogens with zero attached hydrogens (tertiary/aromatic N) is 1. The van der Waals surface area contributed by atoms with E-state index in [0.717, 1.165) is 0 Å². The normalized spacial score (nSPS) is 12.1. The summed E-state index contributed by atoms with van der Waals surface area (Å²) in [6.45, 7) is 3.45. The zero-order valence-electron chi connectivity index (χ0n) is 13.1. The first-order chi connectivity index (χ1) is 10.9. The molecule has 1 amide bonds. The van der Waals surface area contributed by atoms with Crippen LogP contribution in [0.5, 0.6) is 0 Å². The maximum Gasteiger partial charge on any atom is 0.262 e. The van der Waals surface area contributed by atoms with Crippen LogP contribution in [0.1, 0.15) is 26.7 Å². The number of carbonyl (C=O) groups is 2. The van der Waals surface area contributed by atoms with E-state index in [4.69, 9.17) is 12.2 Å². The summed E-state index contributed by atoms with van der Waals surface area (Å²) < 4.78 is 1.67. The number of H-pyrrole nitrogens is 1. The van der Waals surface area contributed by atoms with Gasteiger partial charge in [-0.2, -0.15) is 0 Å². The topological polar surface area (TPSA) is 84.0 Å². The molecule has 0 saturated carbocycles. The lowest BCUT2D eigenvalue weighted by Crippen LogP contribution is -2.35. The Morgan fingerprint density at radius 2 is 2.04 bits per heavy atom. The number of nitrogens with one attached hydrogen (secondary N) is 2. The number of hydrogen-bond acceptors (Lipinski definition) is 4. The monoisotopic (exact) mass is 333 g/mol. The average Bonchev–Trinajstić information content (AvgIpc) is 2.46. The van der Waals surface area contributed by atoms with Crippen LogP contribution in [0, 0.1) is 4.77 Å². The van der Waals surface area contributed by atoms with E-state index in [1.807, 2.05) is 6.07 Å². The summed E-state index contributed by atoms with van der Waals surface area (Å²) in [6.07, 6.45) is 0.416. The Balaban J connectivity index is 2.11. The highest BCUT2D eigenvalue weighted by Crippen LogP contribution is 2.06. The number of benzene rings is 1. The van der Waals surface area contributed by atoms with Gasteiger partial charge in [-0.1, -0.05) is 12.1 Å². The summed E-state index contributed by atoms with van der Waals surface area (Å²) in [5, 5.41) is 3.27. The molecule has 1 aromatic carbocycles. The van der Waals surface area contributed by atoms with Crippen molar-refractivity contribution in [1.82, 2.24) is 14.9 Å². The SMILES string of the molecule is CC(=O)C[C@H](C)NC(=O)CCn1c(=S)[nH]c2ccccc2c1=O. The van der Waals surface area contributed by atoms with E-state index < -0.39 is 0 Å². The first-order valence-electron chi connectivity index (χ1n) is 7.39. The van der Waals surface area contributed by atoms with E-state index in [2.05, 4.69) is 10.3 Å². The molecule has 0 spiro atoms. The summed E-state index contributed by atoms with van der Waals surface area (Å²) in [5.41, 5.74) is 0.465. The van der Waals surface area contributed by atoms with Gasteiger partial charge in [-0.05, 0) is 38.2 Å². The second-order valence-corrected chi connectivity index (χ2v) is 5.94. The van der Waals surface area contributed by atoms with E-state index in [0.29, 0.717) is 22.1 Å². The molecule has 122 valence electrons. The Labute approximate surface area is 138 Å². The minimum atomic E-state index is -0.220. The van der Waals surface area contributed by atoms with Gasteiger partial charge in [0, 0.05) is 25.4 Å². The molecular weight excluding hydrogens is 314 g/mol. The molecule has 0 bridgehead atoms. The Bertz CT molecular complexity index is 854. The third-order valence-electron chi connectivity index (χ3n) is 3.45. The Morgan fingerprint density at radius 3 is 2.74 bits per heavy atom. The number of ketones is 1. The fraction of sp³-hybridized carbons (Fsp3) is 0.375. The number of aromatic amines is 1. The first-order valence-corrected chi connectivity index (χ1v) is 7.80. The Morgan fingerprint density at radius 1 is 1.35 bits per heavy atom. The Kier molecular flexibility index (Phi) is 5.44. The summed E-state index contributed by atoms with van der Waals surface area (Å²) in [6, 6.07) is 6.88. The van der Waals surface area contributed by atoms with E-state index in [9.17, 15) is 14.4 Å². The van der Waals surface area contributed by atoms with Crippen LogP contribution in [-0.2, 0) is 16.1 Å². The number of amides is 1. The number of rotatable bonds is 6. The summed E-state index contributed by atoms with van der Waals surface area (Å²) in [5.74, 6) is -0.195. The highest BCUT2D eigenvalue weighted by Gasteiger charge is 2.11. The fourth-order valence-electron chi connectivity index (χ4n) is 2.44. The minimum absolute atomic E-state index is 0.0194. The summed E-state index contributed by atoms with van der Waals surface area (Å²) in [4.78, 5) is 38.3. The molecule has 6 nitrogen and oxygen atoms in total. The molecule has 2 aromatic rings. The van der Waals surface area contributed by atoms with Crippen molar-refractivity contribution >= 4 is 34.8 Å². The van der Waals surface area contributed by atoms with E-state index in [1.54, 1.807) is 25.1 Å². The predicted octanol–water partition coefficient (Wildman–Crippen LogP) is 1.93. The van der Waals surface area contributed by atoms with Gasteiger partial charge in [0.2, 0.25) is 5.91 Å². The molecule has 1 atom stereocenters. The van der Waals surface area contributed by atoms with Crippen LogP contribution >= 0.6 is 12.2 Å². The van der Waals surface area contributed by atoms with Gasteiger partial charge < -0.3 is 10.3 Å². The van der Waals surface area contributed by atoms with Crippen LogP contribution in [0.25, 0.3) is 10.9 Å². The predicted molar refractivity (Wildman–Crippen MR) is 90.9 cm³/mol. The molecule has 1 aromatic heterocycles. The number of fused-ring (bicyclic) bond motifs is 1. The van der Waals surface area contributed by atoms with Crippen LogP contribution in [0.4, 0.5) is 0 Å². The van der Waals surface area contributed by atoms with Crippen LogP contribution in [0.15, 0.2) is 29.1 Å². The lowest BCUT2D eigenvalue weighted by molar-refractivity contribution is -0.122. The molecule has 2 N–H and O–H groups in total. The number of hydrogen-bond donors (Lipinski definition) is 2. The molecule has 0 aliphatic carbocycles. The van der Waals surface area contributed by atoms with Crippen molar-refractivity contribution < 1.29 is 9.59 Å². The van der Waals surface area contributed by atoms with Crippen molar-refractivity contribution in [3.8, 4) is 0 Å². The highest BCUT2D eigenvalue weighted by molar-refractivity contribution is 7.71. The lowest BCUT2D eigenvalue weighted by Gasteiger charge is -2.13. The minimum Gasteiger partial charge on any atom is -0.353 e. The van der Waals surface area contributed by atoms with Gasteiger partial charge in [0.15, 0.2) is 4.77 Å². The van der Waals surface area contributed by atoms with Gasteiger partial charge in [-0.15, -0.1) is 0 Å². The average molecular weight is 333 g/mol. The molecule has 23 heavy (non-hydrogen) atoms. The third kappa shape index (κ3) is 4.35.